The van der Waals surface area contributed by atoms with Crippen molar-refractivity contribution in [2.75, 3.05) is 35.4 Å². The third kappa shape index (κ3) is 4.46. The van der Waals surface area contributed by atoms with Gasteiger partial charge in [0.1, 0.15) is 12.3 Å². The summed E-state index contributed by atoms with van der Waals surface area (Å²) in [5.74, 6) is 0.737. The summed E-state index contributed by atoms with van der Waals surface area (Å²) in [6.07, 6.45) is 0. The Hall–Kier alpha value is -2.52. The number of hydrogen-bond donors (Lipinski definition) is 1. The first-order chi connectivity index (χ1) is 14.3. The number of sulfone groups is 1. The highest BCUT2D eigenvalue weighted by molar-refractivity contribution is 8.15. The molecule has 158 valence electrons. The van der Waals surface area contributed by atoms with E-state index in [0.717, 1.165) is 16.9 Å². The van der Waals surface area contributed by atoms with Crippen LogP contribution in [0.1, 0.15) is 5.56 Å². The van der Waals surface area contributed by atoms with Gasteiger partial charge in [-0.1, -0.05) is 30.0 Å². The van der Waals surface area contributed by atoms with Gasteiger partial charge in [-0.25, -0.2) is 8.42 Å². The van der Waals surface area contributed by atoms with Gasteiger partial charge in [-0.3, -0.25) is 9.79 Å². The van der Waals surface area contributed by atoms with Gasteiger partial charge in [-0.2, -0.15) is 0 Å². The number of amidine groups is 1. The molecule has 2 atom stereocenters. The number of benzene rings is 2. The number of ether oxygens (including phenoxy) is 1. The van der Waals surface area contributed by atoms with Crippen LogP contribution in [0.3, 0.4) is 0 Å². The van der Waals surface area contributed by atoms with E-state index in [-0.39, 0.29) is 35.2 Å². The molecule has 0 unspecified atom stereocenters. The summed E-state index contributed by atoms with van der Waals surface area (Å²) in [6.45, 7) is 2.01. The van der Waals surface area contributed by atoms with E-state index < -0.39 is 9.84 Å². The number of nitrogens with zero attached hydrogens (tertiary/aromatic N) is 2. The molecule has 2 aromatic rings. The number of aryl methyl sites for hydroxylation is 1. The molecule has 2 heterocycles. The van der Waals surface area contributed by atoms with Crippen LogP contribution in [-0.2, 0) is 14.6 Å². The summed E-state index contributed by atoms with van der Waals surface area (Å²) < 4.78 is 29.0. The van der Waals surface area contributed by atoms with Crippen LogP contribution in [0.2, 0.25) is 0 Å². The molecule has 9 heteroatoms. The van der Waals surface area contributed by atoms with E-state index in [9.17, 15) is 13.2 Å². The predicted octanol–water partition coefficient (Wildman–Crippen LogP) is 2.72. The number of nitrogens with one attached hydrogen (secondary N) is 1. The molecule has 0 saturated carbocycles. The van der Waals surface area contributed by atoms with Crippen LogP contribution >= 0.6 is 11.8 Å². The van der Waals surface area contributed by atoms with Crippen molar-refractivity contribution in [1.82, 2.24) is 0 Å². The molecule has 0 bridgehead atoms. The van der Waals surface area contributed by atoms with Crippen LogP contribution < -0.4 is 15.0 Å². The third-order valence-electron chi connectivity index (χ3n) is 5.14. The standard InChI is InChI=1S/C21H23N3O4S2/c1-14-5-3-4-6-17(14)22-20(25)11-24(15-7-9-16(28-2)10-8-15)21-23-18-12-30(26,27)13-19(18)29-21/h3-10,18-19H,11-13H2,1-2H3,(H,22,25)/t18-,19+/m0/s1. The lowest BCUT2D eigenvalue weighted by Gasteiger charge is -2.24. The highest BCUT2D eigenvalue weighted by atomic mass is 32.2. The molecule has 0 spiro atoms. The number of aliphatic imine (C=N–C) groups is 1. The number of rotatable bonds is 5. The second kappa shape index (κ2) is 8.31. The third-order valence-corrected chi connectivity index (χ3v) is 8.39. The predicted molar refractivity (Wildman–Crippen MR) is 121 cm³/mol. The zero-order valence-corrected chi connectivity index (χ0v) is 18.4. The van der Waals surface area contributed by atoms with Crippen molar-refractivity contribution in [3.8, 4) is 5.75 Å². The quantitative estimate of drug-likeness (QED) is 0.761. The number of carbonyl (C=O) groups is 1. The molecule has 7 nitrogen and oxygen atoms in total. The van der Waals surface area contributed by atoms with E-state index in [4.69, 9.17) is 4.74 Å². The van der Waals surface area contributed by atoms with Crippen molar-refractivity contribution >= 4 is 44.0 Å². The number of fused-ring (bicyclic) bond motifs is 1. The average Bonchev–Trinajstić information content (AvgIpc) is 3.21. The molecule has 1 saturated heterocycles. The molecule has 0 radical (unpaired) electrons. The maximum atomic E-state index is 12.8. The molecule has 30 heavy (non-hydrogen) atoms. The highest BCUT2D eigenvalue weighted by Crippen LogP contribution is 2.37. The first-order valence-corrected chi connectivity index (χ1v) is 12.3. The van der Waals surface area contributed by atoms with E-state index in [0.29, 0.717) is 10.9 Å². The van der Waals surface area contributed by atoms with Gasteiger partial charge in [0.05, 0.1) is 24.7 Å². The lowest BCUT2D eigenvalue weighted by Crippen LogP contribution is -2.36. The zero-order valence-electron chi connectivity index (χ0n) is 16.7. The van der Waals surface area contributed by atoms with E-state index >= 15 is 0 Å². The maximum Gasteiger partial charge on any atom is 0.244 e. The van der Waals surface area contributed by atoms with Crippen molar-refractivity contribution in [3.05, 3.63) is 54.1 Å². The van der Waals surface area contributed by atoms with Crippen molar-refractivity contribution in [1.29, 1.82) is 0 Å². The van der Waals surface area contributed by atoms with Crippen LogP contribution in [0.5, 0.6) is 5.75 Å². The Bertz CT molecular complexity index is 1080. The second-order valence-electron chi connectivity index (χ2n) is 7.36. The Balaban J connectivity index is 1.58. The van der Waals surface area contributed by atoms with Gasteiger partial charge in [0.25, 0.3) is 0 Å². The summed E-state index contributed by atoms with van der Waals surface area (Å²) in [6, 6.07) is 14.7. The fraction of sp³-hybridized carbons (Fsp3) is 0.333. The zero-order chi connectivity index (χ0) is 21.3. The summed E-state index contributed by atoms with van der Waals surface area (Å²) in [5, 5.41) is 3.53. The topological polar surface area (TPSA) is 88.1 Å². The molecular weight excluding hydrogens is 422 g/mol. The number of carbonyl (C=O) groups excluding carboxylic acids is 1. The lowest BCUT2D eigenvalue weighted by molar-refractivity contribution is -0.114. The van der Waals surface area contributed by atoms with Crippen LogP contribution in [-0.4, -0.2) is 55.9 Å². The molecule has 0 aromatic heterocycles. The molecule has 2 aromatic carbocycles. The van der Waals surface area contributed by atoms with Crippen LogP contribution in [0.25, 0.3) is 0 Å². The van der Waals surface area contributed by atoms with Crippen LogP contribution in [0.4, 0.5) is 11.4 Å². The summed E-state index contributed by atoms with van der Waals surface area (Å²) in [4.78, 5) is 19.3. The van der Waals surface area contributed by atoms with E-state index in [1.807, 2.05) is 60.4 Å². The first-order valence-electron chi connectivity index (χ1n) is 9.56. The van der Waals surface area contributed by atoms with Gasteiger partial charge in [0.15, 0.2) is 15.0 Å². The fourth-order valence-corrected chi connectivity index (χ4v) is 7.33. The normalized spacial score (nSPS) is 21.6. The minimum Gasteiger partial charge on any atom is -0.497 e. The SMILES string of the molecule is COc1ccc(N(CC(=O)Nc2ccccc2C)C2=N[C@H]3CS(=O)(=O)C[C@H]3S2)cc1. The van der Waals surface area contributed by atoms with Crippen molar-refractivity contribution in [2.24, 2.45) is 4.99 Å². The van der Waals surface area contributed by atoms with E-state index in [2.05, 4.69) is 10.3 Å². The fourth-order valence-electron chi connectivity index (χ4n) is 3.55. The van der Waals surface area contributed by atoms with Crippen LogP contribution in [0, 0.1) is 6.92 Å². The summed E-state index contributed by atoms with van der Waals surface area (Å²) >= 11 is 1.43. The minimum absolute atomic E-state index is 0.0681. The number of anilines is 2. The van der Waals surface area contributed by atoms with Crippen molar-refractivity contribution < 1.29 is 17.9 Å². The maximum absolute atomic E-state index is 12.8. The molecule has 1 amide bonds. The van der Waals surface area contributed by atoms with Gasteiger partial charge < -0.3 is 15.0 Å². The molecule has 1 fully saturated rings. The lowest BCUT2D eigenvalue weighted by atomic mass is 10.2. The highest BCUT2D eigenvalue weighted by Gasteiger charge is 2.44. The monoisotopic (exact) mass is 445 g/mol. The second-order valence-corrected chi connectivity index (χ2v) is 10.7. The number of amides is 1. The number of methoxy groups -OCH3 is 1. The molecule has 4 rings (SSSR count). The number of thioether (sulfide) groups is 1. The Labute approximate surface area is 180 Å². The average molecular weight is 446 g/mol. The smallest absolute Gasteiger partial charge is 0.244 e. The van der Waals surface area contributed by atoms with Gasteiger partial charge in [-0.15, -0.1) is 0 Å². The van der Waals surface area contributed by atoms with Crippen molar-refractivity contribution in [3.63, 3.8) is 0 Å². The Morgan fingerprint density at radius 3 is 2.60 bits per heavy atom. The molecule has 1 N–H and O–H groups in total. The summed E-state index contributed by atoms with van der Waals surface area (Å²) in [7, 11) is -1.44. The number of para-hydroxylation sites is 1. The molecular formula is C21H23N3O4S2. The minimum atomic E-state index is -3.04. The van der Waals surface area contributed by atoms with Gasteiger partial charge in [-0.05, 0) is 42.8 Å². The number of hydrogen-bond acceptors (Lipinski definition) is 7. The van der Waals surface area contributed by atoms with Crippen molar-refractivity contribution in [2.45, 2.75) is 18.2 Å². The summed E-state index contributed by atoms with van der Waals surface area (Å²) in [5.41, 5.74) is 2.54. The van der Waals surface area contributed by atoms with Gasteiger partial charge >= 0.3 is 0 Å². The van der Waals surface area contributed by atoms with E-state index in [1.54, 1.807) is 7.11 Å². The molecule has 2 aliphatic rings. The first kappa shape index (κ1) is 20.7. The Morgan fingerprint density at radius 1 is 1.20 bits per heavy atom. The van der Waals surface area contributed by atoms with Gasteiger partial charge in [0, 0.05) is 16.6 Å². The largest absolute Gasteiger partial charge is 0.497 e. The Morgan fingerprint density at radius 2 is 1.93 bits per heavy atom. The van der Waals surface area contributed by atoms with E-state index in [1.165, 1.54) is 11.8 Å². The molecule has 0 aliphatic carbocycles. The van der Waals surface area contributed by atoms with Crippen LogP contribution in [0.15, 0.2) is 53.5 Å². The Kier molecular flexibility index (Phi) is 5.75. The van der Waals surface area contributed by atoms with Gasteiger partial charge in [0.2, 0.25) is 5.91 Å². The molecule has 2 aliphatic heterocycles.